The molecule has 1 aromatic carbocycles. The Balaban J connectivity index is 1.97. The van der Waals surface area contributed by atoms with E-state index in [4.69, 9.17) is 0 Å². The molecule has 2 amide bonds. The topological polar surface area (TPSA) is 70.5 Å². The molecule has 1 heterocycles. The van der Waals surface area contributed by atoms with Gasteiger partial charge in [-0.15, -0.1) is 0 Å². The van der Waals surface area contributed by atoms with Crippen LogP contribution in [-0.2, 0) is 17.9 Å². The Hall–Kier alpha value is -2.67. The van der Waals surface area contributed by atoms with Crippen LogP contribution in [0.15, 0.2) is 36.7 Å². The van der Waals surface area contributed by atoms with Crippen molar-refractivity contribution in [3.05, 3.63) is 47.8 Å². The molecule has 0 atom stereocenters. The predicted molar refractivity (Wildman–Crippen MR) is 92.7 cm³/mol. The van der Waals surface area contributed by atoms with E-state index in [1.165, 1.54) is 15.8 Å². The number of hydrogen-bond donors (Lipinski definition) is 1. The molecule has 1 aromatic heterocycles. The second-order valence-corrected chi connectivity index (χ2v) is 6.10. The lowest BCUT2D eigenvalue weighted by atomic mass is 10.1. The van der Waals surface area contributed by atoms with Crippen molar-refractivity contribution in [2.75, 3.05) is 33.5 Å². The highest BCUT2D eigenvalue weighted by Gasteiger charge is 2.10. The molecular weight excluding hydrogens is 306 g/mol. The molecule has 0 aliphatic carbocycles. The fourth-order valence-electron chi connectivity index (χ4n) is 2.12. The van der Waals surface area contributed by atoms with Crippen molar-refractivity contribution >= 4 is 17.5 Å². The van der Waals surface area contributed by atoms with Crippen LogP contribution in [0.5, 0.6) is 0 Å². The summed E-state index contributed by atoms with van der Waals surface area (Å²) in [6.07, 6.45) is 3.17. The number of rotatable bonds is 6. The van der Waals surface area contributed by atoms with Gasteiger partial charge in [0.1, 0.15) is 6.54 Å². The van der Waals surface area contributed by atoms with E-state index in [1.807, 2.05) is 26.2 Å². The van der Waals surface area contributed by atoms with Crippen LogP contribution < -0.4 is 5.32 Å². The van der Waals surface area contributed by atoms with Crippen LogP contribution in [0.25, 0.3) is 0 Å². The van der Waals surface area contributed by atoms with E-state index in [2.05, 4.69) is 15.3 Å². The van der Waals surface area contributed by atoms with Crippen LogP contribution in [0.3, 0.4) is 0 Å². The SMILES string of the molecule is CN(C)Cc1ccc(C(=O)Nc2cnn(CC(=O)N(C)C)c2)cc1. The molecule has 7 nitrogen and oxygen atoms in total. The van der Waals surface area contributed by atoms with Crippen molar-refractivity contribution in [3.63, 3.8) is 0 Å². The van der Waals surface area contributed by atoms with Gasteiger partial charge in [-0.25, -0.2) is 0 Å². The largest absolute Gasteiger partial charge is 0.347 e. The first-order chi connectivity index (χ1) is 11.3. The van der Waals surface area contributed by atoms with Gasteiger partial charge in [-0.1, -0.05) is 12.1 Å². The van der Waals surface area contributed by atoms with Gasteiger partial charge in [-0.3, -0.25) is 14.3 Å². The van der Waals surface area contributed by atoms with Gasteiger partial charge in [0.05, 0.1) is 11.9 Å². The minimum Gasteiger partial charge on any atom is -0.347 e. The van der Waals surface area contributed by atoms with Gasteiger partial charge in [0.15, 0.2) is 0 Å². The van der Waals surface area contributed by atoms with E-state index in [0.717, 1.165) is 12.1 Å². The number of nitrogens with one attached hydrogen (secondary N) is 1. The number of benzene rings is 1. The van der Waals surface area contributed by atoms with E-state index < -0.39 is 0 Å². The number of anilines is 1. The number of hydrogen-bond acceptors (Lipinski definition) is 4. The van der Waals surface area contributed by atoms with E-state index in [9.17, 15) is 9.59 Å². The zero-order chi connectivity index (χ0) is 17.7. The highest BCUT2D eigenvalue weighted by atomic mass is 16.2. The smallest absolute Gasteiger partial charge is 0.255 e. The second-order valence-electron chi connectivity index (χ2n) is 6.10. The number of amides is 2. The van der Waals surface area contributed by atoms with Gasteiger partial charge < -0.3 is 15.1 Å². The number of aromatic nitrogens is 2. The van der Waals surface area contributed by atoms with Gasteiger partial charge in [0, 0.05) is 32.4 Å². The molecule has 0 saturated carbocycles. The molecule has 0 aliphatic rings. The molecule has 0 unspecified atom stereocenters. The van der Waals surface area contributed by atoms with Crippen LogP contribution in [0, 0.1) is 0 Å². The van der Waals surface area contributed by atoms with Crippen molar-refractivity contribution in [2.45, 2.75) is 13.1 Å². The summed E-state index contributed by atoms with van der Waals surface area (Å²) in [5, 5.41) is 6.86. The van der Waals surface area contributed by atoms with Crippen LogP contribution in [-0.4, -0.2) is 59.6 Å². The molecular formula is C17H23N5O2. The summed E-state index contributed by atoms with van der Waals surface area (Å²) in [5.41, 5.74) is 2.28. The third-order valence-corrected chi connectivity index (χ3v) is 3.40. The summed E-state index contributed by atoms with van der Waals surface area (Å²) >= 11 is 0. The Kier molecular flexibility index (Phi) is 5.70. The summed E-state index contributed by atoms with van der Waals surface area (Å²) < 4.78 is 1.50. The average molecular weight is 329 g/mol. The molecule has 0 radical (unpaired) electrons. The molecule has 0 aliphatic heterocycles. The predicted octanol–water partition coefficient (Wildman–Crippen LogP) is 1.29. The Morgan fingerprint density at radius 3 is 2.38 bits per heavy atom. The first-order valence-electron chi connectivity index (χ1n) is 7.63. The molecule has 1 N–H and O–H groups in total. The molecule has 2 rings (SSSR count). The molecule has 128 valence electrons. The monoisotopic (exact) mass is 329 g/mol. The Morgan fingerprint density at radius 2 is 1.79 bits per heavy atom. The quantitative estimate of drug-likeness (QED) is 0.867. The van der Waals surface area contributed by atoms with Crippen molar-refractivity contribution in [2.24, 2.45) is 0 Å². The molecule has 0 saturated heterocycles. The summed E-state index contributed by atoms with van der Waals surface area (Å²) in [4.78, 5) is 27.5. The maximum atomic E-state index is 12.3. The highest BCUT2D eigenvalue weighted by Crippen LogP contribution is 2.10. The Bertz CT molecular complexity index is 704. The Morgan fingerprint density at radius 1 is 1.12 bits per heavy atom. The lowest BCUT2D eigenvalue weighted by Crippen LogP contribution is -2.26. The van der Waals surface area contributed by atoms with Crippen LogP contribution in [0.2, 0.25) is 0 Å². The summed E-state index contributed by atoms with van der Waals surface area (Å²) in [7, 11) is 7.38. The minimum atomic E-state index is -0.204. The zero-order valence-corrected chi connectivity index (χ0v) is 14.5. The lowest BCUT2D eigenvalue weighted by molar-refractivity contribution is -0.129. The number of likely N-dealkylation sites (N-methyl/N-ethyl adjacent to an activating group) is 1. The standard InChI is InChI=1S/C17H23N5O2/c1-20(2)10-13-5-7-14(8-6-13)17(24)19-15-9-18-22(11-15)12-16(23)21(3)4/h5-9,11H,10,12H2,1-4H3,(H,19,24). The molecule has 2 aromatic rings. The third-order valence-electron chi connectivity index (χ3n) is 3.40. The number of carbonyl (C=O) groups is 2. The van der Waals surface area contributed by atoms with Gasteiger partial charge >= 0.3 is 0 Å². The van der Waals surface area contributed by atoms with Gasteiger partial charge in [-0.2, -0.15) is 5.10 Å². The zero-order valence-electron chi connectivity index (χ0n) is 14.5. The van der Waals surface area contributed by atoms with Crippen LogP contribution in [0.4, 0.5) is 5.69 Å². The molecule has 0 bridgehead atoms. The fourth-order valence-corrected chi connectivity index (χ4v) is 2.12. The van der Waals surface area contributed by atoms with Crippen molar-refractivity contribution < 1.29 is 9.59 Å². The first kappa shape index (κ1) is 17.7. The third kappa shape index (κ3) is 4.92. The highest BCUT2D eigenvalue weighted by molar-refractivity contribution is 6.04. The van der Waals surface area contributed by atoms with Gasteiger partial charge in [0.25, 0.3) is 5.91 Å². The van der Waals surface area contributed by atoms with Gasteiger partial charge in [0.2, 0.25) is 5.91 Å². The molecule has 0 spiro atoms. The minimum absolute atomic E-state index is 0.0625. The van der Waals surface area contributed by atoms with E-state index in [0.29, 0.717) is 11.3 Å². The summed E-state index contributed by atoms with van der Waals surface area (Å²) in [6.45, 7) is 0.969. The fraction of sp³-hybridized carbons (Fsp3) is 0.353. The maximum Gasteiger partial charge on any atom is 0.255 e. The van der Waals surface area contributed by atoms with E-state index in [1.54, 1.807) is 32.4 Å². The van der Waals surface area contributed by atoms with E-state index >= 15 is 0 Å². The maximum absolute atomic E-state index is 12.3. The molecule has 7 heteroatoms. The van der Waals surface area contributed by atoms with Crippen molar-refractivity contribution in [1.29, 1.82) is 0 Å². The number of carbonyl (C=O) groups excluding carboxylic acids is 2. The second kappa shape index (κ2) is 7.74. The first-order valence-corrected chi connectivity index (χ1v) is 7.63. The van der Waals surface area contributed by atoms with Crippen molar-refractivity contribution in [1.82, 2.24) is 19.6 Å². The average Bonchev–Trinajstić information content (AvgIpc) is 2.94. The van der Waals surface area contributed by atoms with E-state index in [-0.39, 0.29) is 18.4 Å². The van der Waals surface area contributed by atoms with Crippen molar-refractivity contribution in [3.8, 4) is 0 Å². The van der Waals surface area contributed by atoms with Crippen LogP contribution >= 0.6 is 0 Å². The van der Waals surface area contributed by atoms with Crippen LogP contribution in [0.1, 0.15) is 15.9 Å². The Labute approximate surface area is 141 Å². The summed E-state index contributed by atoms with van der Waals surface area (Å²) in [6, 6.07) is 7.48. The molecule has 0 fully saturated rings. The molecule has 24 heavy (non-hydrogen) atoms. The number of nitrogens with zero attached hydrogens (tertiary/aromatic N) is 4. The summed E-state index contributed by atoms with van der Waals surface area (Å²) in [5.74, 6) is -0.266. The van der Waals surface area contributed by atoms with Gasteiger partial charge in [-0.05, 0) is 31.8 Å². The lowest BCUT2D eigenvalue weighted by Gasteiger charge is -2.10. The normalized spacial score (nSPS) is 10.7.